The van der Waals surface area contributed by atoms with Gasteiger partial charge >= 0.3 is 0 Å². The van der Waals surface area contributed by atoms with Crippen LogP contribution in [0.1, 0.15) is 52.4 Å². The number of aliphatic hydroxyl groups is 2. The van der Waals surface area contributed by atoms with Crippen LogP contribution >= 0.6 is 0 Å². The van der Waals surface area contributed by atoms with E-state index >= 15 is 0 Å². The summed E-state index contributed by atoms with van der Waals surface area (Å²) in [6.07, 6.45) is 5.82. The Kier molecular flexibility index (Phi) is 5.50. The molecule has 0 heterocycles. The van der Waals surface area contributed by atoms with Crippen LogP contribution in [0.4, 0.5) is 0 Å². The van der Waals surface area contributed by atoms with Crippen LogP contribution in [0.25, 0.3) is 0 Å². The first-order valence-corrected chi connectivity index (χ1v) is 6.56. The summed E-state index contributed by atoms with van der Waals surface area (Å²) in [5, 5.41) is 19.9. The SMILES string of the molecule is C=C(C[C@@H](O)C1CCCCC1)[C@H](O)C(C)C. The maximum atomic E-state index is 10.1. The van der Waals surface area contributed by atoms with Crippen LogP contribution in [0.3, 0.4) is 0 Å². The summed E-state index contributed by atoms with van der Waals surface area (Å²) in [7, 11) is 0. The van der Waals surface area contributed by atoms with Crippen LogP contribution in [0.5, 0.6) is 0 Å². The van der Waals surface area contributed by atoms with E-state index in [9.17, 15) is 10.2 Å². The van der Waals surface area contributed by atoms with Crippen molar-refractivity contribution in [1.29, 1.82) is 0 Å². The van der Waals surface area contributed by atoms with Crippen LogP contribution in [0.15, 0.2) is 12.2 Å². The standard InChI is InChI=1S/C14H26O2/c1-10(2)14(16)11(3)9-13(15)12-7-5-4-6-8-12/h10,12-16H,3-9H2,1-2H3/t13-,14-/m1/s1. The van der Waals surface area contributed by atoms with Crippen molar-refractivity contribution in [2.45, 2.75) is 64.6 Å². The van der Waals surface area contributed by atoms with Gasteiger partial charge in [-0.15, -0.1) is 0 Å². The third-order valence-corrected chi connectivity index (χ3v) is 3.72. The smallest absolute Gasteiger partial charge is 0.0771 e. The van der Waals surface area contributed by atoms with Gasteiger partial charge in [0.1, 0.15) is 0 Å². The van der Waals surface area contributed by atoms with E-state index in [1.54, 1.807) is 0 Å². The highest BCUT2D eigenvalue weighted by Gasteiger charge is 2.24. The second kappa shape index (κ2) is 6.41. The molecule has 0 saturated heterocycles. The molecule has 0 radical (unpaired) electrons. The molecule has 2 heteroatoms. The number of hydrogen-bond donors (Lipinski definition) is 2. The van der Waals surface area contributed by atoms with Crippen molar-refractivity contribution in [3.63, 3.8) is 0 Å². The number of rotatable bonds is 5. The van der Waals surface area contributed by atoms with Crippen molar-refractivity contribution >= 4 is 0 Å². The summed E-state index contributed by atoms with van der Waals surface area (Å²) in [6, 6.07) is 0. The second-order valence-electron chi connectivity index (χ2n) is 5.52. The van der Waals surface area contributed by atoms with Crippen molar-refractivity contribution in [2.75, 3.05) is 0 Å². The third-order valence-electron chi connectivity index (χ3n) is 3.72. The molecule has 0 unspecified atom stereocenters. The molecule has 2 N–H and O–H groups in total. The first-order valence-electron chi connectivity index (χ1n) is 6.56. The Labute approximate surface area is 99.4 Å². The summed E-state index contributed by atoms with van der Waals surface area (Å²) in [5.74, 6) is 0.607. The average Bonchev–Trinajstić information content (AvgIpc) is 2.28. The predicted octanol–water partition coefficient (Wildman–Crippen LogP) is 2.89. The molecule has 2 nitrogen and oxygen atoms in total. The van der Waals surface area contributed by atoms with E-state index < -0.39 is 6.10 Å². The Bertz CT molecular complexity index is 217. The largest absolute Gasteiger partial charge is 0.393 e. The van der Waals surface area contributed by atoms with Gasteiger partial charge in [0.25, 0.3) is 0 Å². The third kappa shape index (κ3) is 3.91. The lowest BCUT2D eigenvalue weighted by Gasteiger charge is -2.28. The zero-order chi connectivity index (χ0) is 12.1. The lowest BCUT2D eigenvalue weighted by molar-refractivity contribution is 0.0731. The molecule has 0 aromatic carbocycles. The van der Waals surface area contributed by atoms with Crippen molar-refractivity contribution < 1.29 is 10.2 Å². The molecular weight excluding hydrogens is 200 g/mol. The molecule has 0 aromatic heterocycles. The Hall–Kier alpha value is -0.340. The normalized spacial score (nSPS) is 22.1. The second-order valence-corrected chi connectivity index (χ2v) is 5.52. The van der Waals surface area contributed by atoms with Gasteiger partial charge in [0.2, 0.25) is 0 Å². The molecule has 1 fully saturated rings. The first kappa shape index (κ1) is 13.7. The van der Waals surface area contributed by atoms with Crippen LogP contribution in [-0.2, 0) is 0 Å². The monoisotopic (exact) mass is 226 g/mol. The minimum Gasteiger partial charge on any atom is -0.393 e. The van der Waals surface area contributed by atoms with Gasteiger partial charge in [-0.05, 0) is 36.7 Å². The molecule has 94 valence electrons. The van der Waals surface area contributed by atoms with Crippen LogP contribution in [0.2, 0.25) is 0 Å². The fraction of sp³-hybridized carbons (Fsp3) is 0.857. The zero-order valence-electron chi connectivity index (χ0n) is 10.7. The van der Waals surface area contributed by atoms with Gasteiger partial charge < -0.3 is 10.2 Å². The topological polar surface area (TPSA) is 40.5 Å². The fourth-order valence-electron chi connectivity index (χ4n) is 2.55. The molecule has 0 spiro atoms. The Morgan fingerprint density at radius 1 is 1.19 bits per heavy atom. The van der Waals surface area contributed by atoms with Gasteiger partial charge in [0.15, 0.2) is 0 Å². The lowest BCUT2D eigenvalue weighted by Crippen LogP contribution is -2.27. The van der Waals surface area contributed by atoms with Crippen molar-refractivity contribution in [1.82, 2.24) is 0 Å². The molecule has 1 aliphatic carbocycles. The highest BCUT2D eigenvalue weighted by atomic mass is 16.3. The Balaban J connectivity index is 2.37. The molecule has 0 bridgehead atoms. The van der Waals surface area contributed by atoms with E-state index in [0.717, 1.165) is 18.4 Å². The highest BCUT2D eigenvalue weighted by molar-refractivity contribution is 5.05. The summed E-state index contributed by atoms with van der Waals surface area (Å²) < 4.78 is 0. The van der Waals surface area contributed by atoms with E-state index in [1.165, 1.54) is 19.3 Å². The lowest BCUT2D eigenvalue weighted by atomic mass is 9.82. The quantitative estimate of drug-likeness (QED) is 0.708. The van der Waals surface area contributed by atoms with E-state index in [2.05, 4.69) is 6.58 Å². The highest BCUT2D eigenvalue weighted by Crippen LogP contribution is 2.29. The molecule has 1 aliphatic rings. The van der Waals surface area contributed by atoms with E-state index in [0.29, 0.717) is 12.3 Å². The van der Waals surface area contributed by atoms with Crippen molar-refractivity contribution in [3.8, 4) is 0 Å². The van der Waals surface area contributed by atoms with E-state index in [-0.39, 0.29) is 12.0 Å². The Morgan fingerprint density at radius 3 is 2.25 bits per heavy atom. The van der Waals surface area contributed by atoms with Gasteiger partial charge in [-0.25, -0.2) is 0 Å². The summed E-state index contributed by atoms with van der Waals surface area (Å²) in [4.78, 5) is 0. The summed E-state index contributed by atoms with van der Waals surface area (Å²) >= 11 is 0. The maximum Gasteiger partial charge on any atom is 0.0771 e. The minimum atomic E-state index is -0.474. The zero-order valence-corrected chi connectivity index (χ0v) is 10.7. The minimum absolute atomic E-state index is 0.186. The molecule has 0 aromatic rings. The first-order chi connectivity index (χ1) is 7.52. The van der Waals surface area contributed by atoms with Gasteiger partial charge in [0, 0.05) is 0 Å². The van der Waals surface area contributed by atoms with Crippen molar-refractivity contribution in [3.05, 3.63) is 12.2 Å². The molecule has 16 heavy (non-hydrogen) atoms. The van der Waals surface area contributed by atoms with Crippen LogP contribution < -0.4 is 0 Å². The van der Waals surface area contributed by atoms with Crippen LogP contribution in [0, 0.1) is 11.8 Å². The molecular formula is C14H26O2. The van der Waals surface area contributed by atoms with E-state index in [1.807, 2.05) is 13.8 Å². The molecule has 0 aliphatic heterocycles. The Morgan fingerprint density at radius 2 is 1.75 bits per heavy atom. The number of hydrogen-bond acceptors (Lipinski definition) is 2. The average molecular weight is 226 g/mol. The van der Waals surface area contributed by atoms with Crippen LogP contribution in [-0.4, -0.2) is 22.4 Å². The van der Waals surface area contributed by atoms with Gasteiger partial charge in [-0.1, -0.05) is 39.7 Å². The molecule has 1 rings (SSSR count). The van der Waals surface area contributed by atoms with Crippen molar-refractivity contribution in [2.24, 2.45) is 11.8 Å². The predicted molar refractivity (Wildman–Crippen MR) is 67.2 cm³/mol. The summed E-state index contributed by atoms with van der Waals surface area (Å²) in [5.41, 5.74) is 0.785. The number of aliphatic hydroxyl groups excluding tert-OH is 2. The maximum absolute atomic E-state index is 10.1. The van der Waals surface area contributed by atoms with E-state index in [4.69, 9.17) is 0 Å². The molecule has 1 saturated carbocycles. The molecule has 0 amide bonds. The van der Waals surface area contributed by atoms with Gasteiger partial charge in [0.05, 0.1) is 12.2 Å². The van der Waals surface area contributed by atoms with Gasteiger partial charge in [-0.3, -0.25) is 0 Å². The van der Waals surface area contributed by atoms with Gasteiger partial charge in [-0.2, -0.15) is 0 Å². The summed E-state index contributed by atoms with van der Waals surface area (Å²) in [6.45, 7) is 7.85. The fourth-order valence-corrected chi connectivity index (χ4v) is 2.55. The molecule has 2 atom stereocenters.